The zero-order valence-corrected chi connectivity index (χ0v) is 20.1. The first kappa shape index (κ1) is 22.9. The number of rotatable bonds is 8. The Bertz CT molecular complexity index is 1100. The molecule has 33 heavy (non-hydrogen) atoms. The van der Waals surface area contributed by atoms with Crippen molar-refractivity contribution in [2.24, 2.45) is 0 Å². The van der Waals surface area contributed by atoms with E-state index in [0.29, 0.717) is 25.4 Å². The summed E-state index contributed by atoms with van der Waals surface area (Å²) in [5.74, 6) is 1.51. The van der Waals surface area contributed by atoms with E-state index in [2.05, 4.69) is 68.4 Å². The number of carbonyl (C=O) groups excluding carboxylic acids is 1. The van der Waals surface area contributed by atoms with E-state index in [1.54, 1.807) is 0 Å². The third-order valence-corrected chi connectivity index (χ3v) is 6.29. The van der Waals surface area contributed by atoms with Crippen LogP contribution in [-0.4, -0.2) is 19.1 Å². The molecule has 0 bridgehead atoms. The quantitative estimate of drug-likeness (QED) is 0.411. The van der Waals surface area contributed by atoms with E-state index < -0.39 is 0 Å². The lowest BCUT2D eigenvalue weighted by Gasteiger charge is -2.38. The van der Waals surface area contributed by atoms with Crippen LogP contribution >= 0.6 is 0 Å². The number of benzene rings is 3. The molecule has 0 saturated heterocycles. The SMILES string of the molecule is CCOc1cc2c(cc1OCC)[C@@H](c1ccc(CC)cc1)N(c1ccc(CC)cc1)C(=O)C2. The van der Waals surface area contributed by atoms with E-state index >= 15 is 0 Å². The van der Waals surface area contributed by atoms with Crippen molar-refractivity contribution in [1.29, 1.82) is 0 Å². The van der Waals surface area contributed by atoms with E-state index in [4.69, 9.17) is 9.47 Å². The molecule has 0 fully saturated rings. The summed E-state index contributed by atoms with van der Waals surface area (Å²) in [6.45, 7) is 9.32. The molecule has 0 aromatic heterocycles. The van der Waals surface area contributed by atoms with Gasteiger partial charge in [0.05, 0.1) is 25.7 Å². The average molecular weight is 444 g/mol. The Kier molecular flexibility index (Phi) is 7.02. The number of hydrogen-bond donors (Lipinski definition) is 0. The van der Waals surface area contributed by atoms with Crippen molar-refractivity contribution in [2.75, 3.05) is 18.1 Å². The minimum atomic E-state index is -0.227. The summed E-state index contributed by atoms with van der Waals surface area (Å²) in [7, 11) is 0. The van der Waals surface area contributed by atoms with Gasteiger partial charge in [-0.25, -0.2) is 0 Å². The minimum Gasteiger partial charge on any atom is -0.490 e. The van der Waals surface area contributed by atoms with Crippen LogP contribution in [0.25, 0.3) is 0 Å². The van der Waals surface area contributed by atoms with Gasteiger partial charge in [0.25, 0.3) is 0 Å². The summed E-state index contributed by atoms with van der Waals surface area (Å²) >= 11 is 0. The number of aryl methyl sites for hydroxylation is 2. The van der Waals surface area contributed by atoms with Gasteiger partial charge in [0, 0.05) is 5.69 Å². The van der Waals surface area contributed by atoms with Crippen LogP contribution in [0, 0.1) is 0 Å². The third kappa shape index (κ3) is 4.61. The molecule has 1 aliphatic heterocycles. The minimum absolute atomic E-state index is 0.0860. The van der Waals surface area contributed by atoms with Crippen LogP contribution in [-0.2, 0) is 24.1 Å². The van der Waals surface area contributed by atoms with Crippen LogP contribution in [0.15, 0.2) is 60.7 Å². The maximum atomic E-state index is 13.6. The molecule has 0 saturated carbocycles. The number of hydrogen-bond acceptors (Lipinski definition) is 3. The van der Waals surface area contributed by atoms with Crippen molar-refractivity contribution >= 4 is 11.6 Å². The fraction of sp³-hybridized carbons (Fsp3) is 0.345. The van der Waals surface area contributed by atoms with Gasteiger partial charge in [-0.15, -0.1) is 0 Å². The number of carbonyl (C=O) groups is 1. The average Bonchev–Trinajstić information content (AvgIpc) is 2.84. The van der Waals surface area contributed by atoms with Gasteiger partial charge in [-0.2, -0.15) is 0 Å². The Morgan fingerprint density at radius 3 is 1.88 bits per heavy atom. The number of nitrogens with zero attached hydrogens (tertiary/aromatic N) is 1. The molecule has 0 radical (unpaired) electrons. The first-order valence-corrected chi connectivity index (χ1v) is 12.0. The predicted octanol–water partition coefficient (Wildman–Crippen LogP) is 6.29. The number of anilines is 1. The summed E-state index contributed by atoms with van der Waals surface area (Å²) in [6, 6.07) is 20.8. The Morgan fingerprint density at radius 2 is 1.33 bits per heavy atom. The van der Waals surface area contributed by atoms with Gasteiger partial charge < -0.3 is 14.4 Å². The number of fused-ring (bicyclic) bond motifs is 1. The maximum absolute atomic E-state index is 13.6. The van der Waals surface area contributed by atoms with Crippen molar-refractivity contribution in [1.82, 2.24) is 0 Å². The lowest BCUT2D eigenvalue weighted by Crippen LogP contribution is -2.41. The first-order valence-electron chi connectivity index (χ1n) is 12.0. The Hall–Kier alpha value is -3.27. The fourth-order valence-electron chi connectivity index (χ4n) is 4.54. The van der Waals surface area contributed by atoms with Crippen LogP contribution in [0.5, 0.6) is 11.5 Å². The summed E-state index contributed by atoms with van der Waals surface area (Å²) in [6.07, 6.45) is 2.28. The number of ether oxygens (including phenoxy) is 2. The monoisotopic (exact) mass is 443 g/mol. The van der Waals surface area contributed by atoms with Crippen LogP contribution in [0.3, 0.4) is 0 Å². The molecule has 1 heterocycles. The Labute approximate surface area is 197 Å². The van der Waals surface area contributed by atoms with Crippen molar-refractivity contribution < 1.29 is 14.3 Å². The fourth-order valence-corrected chi connectivity index (χ4v) is 4.54. The molecular weight excluding hydrogens is 410 g/mol. The molecule has 0 N–H and O–H groups in total. The van der Waals surface area contributed by atoms with E-state index in [-0.39, 0.29) is 11.9 Å². The Balaban J connectivity index is 1.89. The standard InChI is InChI=1S/C29H33NO3/c1-5-20-9-13-22(14-10-20)29-25-19-27(33-8-4)26(32-7-3)17-23(25)18-28(31)30(29)24-15-11-21(6-2)12-16-24/h9-17,19,29H,5-8,18H2,1-4H3/t29-/m1/s1. The summed E-state index contributed by atoms with van der Waals surface area (Å²) in [5.41, 5.74) is 6.63. The molecular formula is C29H33NO3. The van der Waals surface area contributed by atoms with E-state index in [1.165, 1.54) is 11.1 Å². The number of amides is 1. The van der Waals surface area contributed by atoms with Crippen molar-refractivity contribution in [3.8, 4) is 11.5 Å². The van der Waals surface area contributed by atoms with E-state index in [0.717, 1.165) is 41.0 Å². The van der Waals surface area contributed by atoms with Gasteiger partial charge in [0.1, 0.15) is 0 Å². The largest absolute Gasteiger partial charge is 0.490 e. The topological polar surface area (TPSA) is 38.8 Å². The second kappa shape index (κ2) is 10.1. The zero-order valence-electron chi connectivity index (χ0n) is 20.1. The van der Waals surface area contributed by atoms with Crippen LogP contribution in [0.4, 0.5) is 5.69 Å². The highest BCUT2D eigenvalue weighted by Gasteiger charge is 2.36. The normalized spacial score (nSPS) is 15.3. The lowest BCUT2D eigenvalue weighted by atomic mass is 9.86. The molecule has 0 aliphatic carbocycles. The van der Waals surface area contributed by atoms with Crippen LogP contribution < -0.4 is 14.4 Å². The van der Waals surface area contributed by atoms with Gasteiger partial charge in [0.15, 0.2) is 11.5 Å². The maximum Gasteiger partial charge on any atom is 0.232 e. The molecule has 0 unspecified atom stereocenters. The predicted molar refractivity (Wildman–Crippen MR) is 133 cm³/mol. The molecule has 3 aromatic rings. The van der Waals surface area contributed by atoms with E-state index in [9.17, 15) is 4.79 Å². The Morgan fingerprint density at radius 1 is 0.788 bits per heavy atom. The second-order valence-electron chi connectivity index (χ2n) is 8.32. The molecule has 4 heteroatoms. The molecule has 1 amide bonds. The van der Waals surface area contributed by atoms with Gasteiger partial charge >= 0.3 is 0 Å². The summed E-state index contributed by atoms with van der Waals surface area (Å²) < 4.78 is 11.8. The van der Waals surface area contributed by atoms with Gasteiger partial charge in [-0.05, 0) is 78.8 Å². The summed E-state index contributed by atoms with van der Waals surface area (Å²) in [5, 5.41) is 0. The molecule has 3 aromatic carbocycles. The molecule has 172 valence electrons. The molecule has 1 aliphatic rings. The molecule has 4 rings (SSSR count). The van der Waals surface area contributed by atoms with Crippen molar-refractivity contribution in [3.63, 3.8) is 0 Å². The highest BCUT2D eigenvalue weighted by atomic mass is 16.5. The lowest BCUT2D eigenvalue weighted by molar-refractivity contribution is -0.118. The third-order valence-electron chi connectivity index (χ3n) is 6.29. The van der Waals surface area contributed by atoms with E-state index in [1.807, 2.05) is 24.8 Å². The first-order chi connectivity index (χ1) is 16.1. The zero-order chi connectivity index (χ0) is 23.4. The molecule has 0 spiro atoms. The summed E-state index contributed by atoms with van der Waals surface area (Å²) in [4.78, 5) is 15.5. The van der Waals surface area contributed by atoms with Gasteiger partial charge in [-0.1, -0.05) is 50.2 Å². The van der Waals surface area contributed by atoms with Gasteiger partial charge in [-0.3, -0.25) is 4.79 Å². The molecule has 1 atom stereocenters. The smallest absolute Gasteiger partial charge is 0.232 e. The van der Waals surface area contributed by atoms with Crippen LogP contribution in [0.2, 0.25) is 0 Å². The highest BCUT2D eigenvalue weighted by Crippen LogP contribution is 2.43. The molecule has 4 nitrogen and oxygen atoms in total. The van der Waals surface area contributed by atoms with Crippen LogP contribution in [0.1, 0.15) is 61.6 Å². The van der Waals surface area contributed by atoms with Gasteiger partial charge in [0.2, 0.25) is 5.91 Å². The highest BCUT2D eigenvalue weighted by molar-refractivity contribution is 5.98. The van der Waals surface area contributed by atoms with Crippen molar-refractivity contribution in [2.45, 2.75) is 53.0 Å². The van der Waals surface area contributed by atoms with Crippen molar-refractivity contribution in [3.05, 3.63) is 88.5 Å². The second-order valence-corrected chi connectivity index (χ2v) is 8.32.